The van der Waals surface area contributed by atoms with Crippen molar-refractivity contribution in [3.05, 3.63) is 35.9 Å². The zero-order chi connectivity index (χ0) is 13.6. The molecule has 1 atom stereocenters. The number of hydrogen-bond acceptors (Lipinski definition) is 4. The van der Waals surface area contributed by atoms with Gasteiger partial charge in [-0.2, -0.15) is 11.8 Å². The van der Waals surface area contributed by atoms with Gasteiger partial charge in [-0.05, 0) is 13.2 Å². The number of rotatable bonds is 7. The Balaban J connectivity index is 2.64. The minimum Gasteiger partial charge on any atom is -0.293 e. The van der Waals surface area contributed by atoms with Gasteiger partial charge in [-0.3, -0.25) is 4.79 Å². The van der Waals surface area contributed by atoms with E-state index >= 15 is 0 Å². The lowest BCUT2D eigenvalue weighted by Crippen LogP contribution is -2.37. The van der Waals surface area contributed by atoms with Crippen LogP contribution in [0, 0.1) is 0 Å². The van der Waals surface area contributed by atoms with E-state index in [-0.39, 0.29) is 11.8 Å². The maximum absolute atomic E-state index is 11.8. The van der Waals surface area contributed by atoms with Crippen LogP contribution in [0.4, 0.5) is 0 Å². The van der Waals surface area contributed by atoms with E-state index < -0.39 is 15.8 Å². The molecule has 0 aromatic heterocycles. The summed E-state index contributed by atoms with van der Waals surface area (Å²) in [4.78, 5) is 11.8. The Morgan fingerprint density at radius 1 is 1.33 bits per heavy atom. The number of thioether (sulfide) groups is 1. The van der Waals surface area contributed by atoms with E-state index in [2.05, 4.69) is 4.72 Å². The van der Waals surface area contributed by atoms with Crippen LogP contribution in [0.5, 0.6) is 0 Å². The average molecular weight is 287 g/mol. The summed E-state index contributed by atoms with van der Waals surface area (Å²) in [6.45, 7) is 1.78. The highest BCUT2D eigenvalue weighted by Crippen LogP contribution is 2.03. The number of Topliss-reactive ketones (excluding diaryl/α,β-unsaturated/α-hetero) is 1. The predicted molar refractivity (Wildman–Crippen MR) is 75.5 cm³/mol. The van der Waals surface area contributed by atoms with Crippen LogP contribution >= 0.6 is 11.8 Å². The number of benzene rings is 1. The smallest absolute Gasteiger partial charge is 0.219 e. The predicted octanol–water partition coefficient (Wildman–Crippen LogP) is 1.54. The first kappa shape index (κ1) is 15.2. The zero-order valence-electron chi connectivity index (χ0n) is 10.4. The van der Waals surface area contributed by atoms with Crippen molar-refractivity contribution < 1.29 is 13.2 Å². The molecule has 0 saturated heterocycles. The van der Waals surface area contributed by atoms with Crippen LogP contribution in [0.15, 0.2) is 30.3 Å². The Bertz CT molecular complexity index is 485. The van der Waals surface area contributed by atoms with Gasteiger partial charge in [0.05, 0.1) is 0 Å². The van der Waals surface area contributed by atoms with Crippen molar-refractivity contribution in [1.29, 1.82) is 0 Å². The van der Waals surface area contributed by atoms with Crippen LogP contribution in [0.25, 0.3) is 0 Å². The van der Waals surface area contributed by atoms with Crippen LogP contribution < -0.4 is 4.72 Å². The lowest BCUT2D eigenvalue weighted by atomic mass is 10.2. The summed E-state index contributed by atoms with van der Waals surface area (Å²) in [5, 5.41) is 0. The van der Waals surface area contributed by atoms with Crippen LogP contribution in [0.1, 0.15) is 17.3 Å². The molecule has 0 amide bonds. The standard InChI is InChI=1S/C12H17NO3S2/c1-10(8-17-2)13-18(15,16)9-12(14)11-6-4-3-5-7-11/h3-7,10,13H,8-9H2,1-2H3. The van der Waals surface area contributed by atoms with E-state index in [1.165, 1.54) is 0 Å². The molecule has 0 aliphatic carbocycles. The maximum atomic E-state index is 11.8. The summed E-state index contributed by atoms with van der Waals surface area (Å²) in [5.74, 6) is -0.214. The second kappa shape index (κ2) is 6.92. The molecule has 1 aromatic rings. The monoisotopic (exact) mass is 287 g/mol. The largest absolute Gasteiger partial charge is 0.293 e. The van der Waals surface area contributed by atoms with Crippen molar-refractivity contribution in [3.63, 3.8) is 0 Å². The number of hydrogen-bond donors (Lipinski definition) is 1. The van der Waals surface area contributed by atoms with Crippen molar-refractivity contribution in [1.82, 2.24) is 4.72 Å². The number of carbonyl (C=O) groups is 1. The number of sulfonamides is 1. The lowest BCUT2D eigenvalue weighted by molar-refractivity contribution is 0.102. The molecule has 18 heavy (non-hydrogen) atoms. The molecule has 0 saturated carbocycles. The Hall–Kier alpha value is -0.850. The van der Waals surface area contributed by atoms with Crippen LogP contribution in [0.3, 0.4) is 0 Å². The Kier molecular flexibility index (Phi) is 5.84. The van der Waals surface area contributed by atoms with Crippen molar-refractivity contribution in [2.24, 2.45) is 0 Å². The molecule has 100 valence electrons. The Morgan fingerprint density at radius 2 is 1.94 bits per heavy atom. The molecule has 1 rings (SSSR count). The first-order chi connectivity index (χ1) is 8.44. The van der Waals surface area contributed by atoms with Gasteiger partial charge in [0, 0.05) is 17.4 Å². The third-order valence-electron chi connectivity index (χ3n) is 2.21. The normalized spacial score (nSPS) is 13.2. The molecule has 0 fully saturated rings. The fourth-order valence-electron chi connectivity index (χ4n) is 1.51. The Labute approximate surface area is 112 Å². The highest BCUT2D eigenvalue weighted by Gasteiger charge is 2.19. The molecule has 1 aromatic carbocycles. The molecule has 1 N–H and O–H groups in total. The summed E-state index contributed by atoms with van der Waals surface area (Å²) < 4.78 is 26.0. The molecule has 0 heterocycles. The van der Waals surface area contributed by atoms with E-state index in [9.17, 15) is 13.2 Å². The topological polar surface area (TPSA) is 63.2 Å². The molecule has 0 bridgehead atoms. The molecule has 0 aliphatic heterocycles. The fraction of sp³-hybridized carbons (Fsp3) is 0.417. The molecule has 0 spiro atoms. The fourth-order valence-corrected chi connectivity index (χ4v) is 3.49. The number of carbonyl (C=O) groups excluding carboxylic acids is 1. The van der Waals surface area contributed by atoms with Crippen LogP contribution in [0.2, 0.25) is 0 Å². The summed E-state index contributed by atoms with van der Waals surface area (Å²) in [5.41, 5.74) is 0.417. The summed E-state index contributed by atoms with van der Waals surface area (Å²) in [6, 6.07) is 8.26. The SMILES string of the molecule is CSCC(C)NS(=O)(=O)CC(=O)c1ccccc1. The molecule has 1 unspecified atom stereocenters. The second-order valence-corrected chi connectivity index (χ2v) is 6.69. The van der Waals surface area contributed by atoms with Crippen molar-refractivity contribution in [2.75, 3.05) is 17.8 Å². The summed E-state index contributed by atoms with van der Waals surface area (Å²) in [6.07, 6.45) is 1.90. The quantitative estimate of drug-likeness (QED) is 0.773. The van der Waals surface area contributed by atoms with E-state index in [0.29, 0.717) is 11.3 Å². The van der Waals surface area contributed by atoms with Crippen LogP contribution in [-0.2, 0) is 10.0 Å². The van der Waals surface area contributed by atoms with E-state index in [0.717, 1.165) is 0 Å². The van der Waals surface area contributed by atoms with Gasteiger partial charge in [-0.15, -0.1) is 0 Å². The van der Waals surface area contributed by atoms with Gasteiger partial charge in [0.1, 0.15) is 5.75 Å². The average Bonchev–Trinajstić information content (AvgIpc) is 2.29. The third kappa shape index (κ3) is 5.20. The molecule has 4 nitrogen and oxygen atoms in total. The van der Waals surface area contributed by atoms with Crippen LogP contribution in [-0.4, -0.2) is 38.0 Å². The van der Waals surface area contributed by atoms with Gasteiger partial charge in [-0.25, -0.2) is 13.1 Å². The van der Waals surface area contributed by atoms with Crippen molar-refractivity contribution in [2.45, 2.75) is 13.0 Å². The summed E-state index contributed by atoms with van der Waals surface area (Å²) in [7, 11) is -3.56. The third-order valence-corrected chi connectivity index (χ3v) is 4.45. The molecular formula is C12H17NO3S2. The van der Waals surface area contributed by atoms with E-state index in [1.807, 2.05) is 6.26 Å². The second-order valence-electron chi connectivity index (χ2n) is 4.02. The minimum atomic E-state index is -3.56. The van der Waals surface area contributed by atoms with E-state index in [1.54, 1.807) is 49.0 Å². The van der Waals surface area contributed by atoms with Gasteiger partial charge >= 0.3 is 0 Å². The highest BCUT2D eigenvalue weighted by atomic mass is 32.2. The van der Waals surface area contributed by atoms with Crippen molar-refractivity contribution >= 4 is 27.6 Å². The van der Waals surface area contributed by atoms with Gasteiger partial charge in [-0.1, -0.05) is 30.3 Å². The van der Waals surface area contributed by atoms with E-state index in [4.69, 9.17) is 0 Å². The molecule has 0 aliphatic rings. The van der Waals surface area contributed by atoms with Gasteiger partial charge < -0.3 is 0 Å². The maximum Gasteiger partial charge on any atom is 0.219 e. The van der Waals surface area contributed by atoms with Gasteiger partial charge in [0.2, 0.25) is 10.0 Å². The molecule has 0 radical (unpaired) electrons. The molecule has 6 heteroatoms. The number of ketones is 1. The summed E-state index contributed by atoms with van der Waals surface area (Å²) >= 11 is 1.55. The molecular weight excluding hydrogens is 270 g/mol. The van der Waals surface area contributed by atoms with Gasteiger partial charge in [0.25, 0.3) is 0 Å². The first-order valence-electron chi connectivity index (χ1n) is 5.52. The minimum absolute atomic E-state index is 0.173. The first-order valence-corrected chi connectivity index (χ1v) is 8.56. The zero-order valence-corrected chi connectivity index (χ0v) is 12.1. The highest BCUT2D eigenvalue weighted by molar-refractivity contribution is 7.98. The lowest BCUT2D eigenvalue weighted by Gasteiger charge is -2.12. The van der Waals surface area contributed by atoms with Gasteiger partial charge in [0.15, 0.2) is 5.78 Å². The Morgan fingerprint density at radius 3 is 2.50 bits per heavy atom. The van der Waals surface area contributed by atoms with Crippen molar-refractivity contribution in [3.8, 4) is 0 Å². The number of nitrogens with one attached hydrogen (secondary N) is 1.